The molecule has 0 unspecified atom stereocenters. The lowest BCUT2D eigenvalue weighted by atomic mass is 10.1. The van der Waals surface area contributed by atoms with Gasteiger partial charge in [0.1, 0.15) is 11.4 Å². The first-order chi connectivity index (χ1) is 13.3. The highest BCUT2D eigenvalue weighted by Crippen LogP contribution is 2.19. The van der Waals surface area contributed by atoms with Gasteiger partial charge in [-0.15, -0.1) is 24.0 Å². The molecule has 0 saturated heterocycles. The fraction of sp³-hybridized carbons (Fsp3) is 0.500. The number of carbonyl (C=O) groups excluding carboxylic acids is 1. The highest BCUT2D eigenvalue weighted by molar-refractivity contribution is 14.0. The summed E-state index contributed by atoms with van der Waals surface area (Å²) in [5, 5.41) is 10.1. The second-order valence-electron chi connectivity index (χ2n) is 7.37. The quantitative estimate of drug-likeness (QED) is 0.195. The van der Waals surface area contributed by atoms with Crippen molar-refractivity contribution in [1.29, 1.82) is 0 Å². The Balaban J connectivity index is 0.00000420. The number of aromatic amines is 1. The van der Waals surface area contributed by atoms with Crippen molar-refractivity contribution in [3.8, 4) is 0 Å². The van der Waals surface area contributed by atoms with Gasteiger partial charge >= 0.3 is 6.09 Å². The minimum Gasteiger partial charge on any atom is -0.444 e. The molecule has 2 aromatic rings. The van der Waals surface area contributed by atoms with Gasteiger partial charge in [0.05, 0.1) is 0 Å². The van der Waals surface area contributed by atoms with Crippen molar-refractivity contribution in [3.05, 3.63) is 35.8 Å². The monoisotopic (exact) mass is 519 g/mol. The summed E-state index contributed by atoms with van der Waals surface area (Å²) >= 11 is 0. The van der Waals surface area contributed by atoms with Crippen LogP contribution in [-0.2, 0) is 11.2 Å². The van der Waals surface area contributed by atoms with E-state index in [1.165, 1.54) is 12.1 Å². The molecule has 0 radical (unpaired) electrons. The maximum Gasteiger partial charge on any atom is 0.407 e. The number of rotatable bonds is 7. The molecule has 2 rings (SSSR count). The number of hydrogen-bond acceptors (Lipinski definition) is 3. The van der Waals surface area contributed by atoms with Crippen LogP contribution in [0.1, 0.15) is 33.3 Å². The summed E-state index contributed by atoms with van der Waals surface area (Å²) in [7, 11) is 0. The molecule has 0 aliphatic carbocycles. The Kier molecular flexibility index (Phi) is 10.2. The molecule has 29 heavy (non-hydrogen) atoms. The standard InChI is InChI=1S/C20H30FN5O2.HI/c1-5-22-18(24-10-11-25-19(27)28-20(2,3)4)23-9-8-14-13-26-17-12-15(21)6-7-16(14)17;/h6-7,12-13,26H,5,8-11H2,1-4H3,(H,25,27)(H2,22,23,24);1H. The van der Waals surface area contributed by atoms with E-state index in [2.05, 4.69) is 25.9 Å². The van der Waals surface area contributed by atoms with E-state index >= 15 is 0 Å². The molecule has 162 valence electrons. The molecule has 0 saturated carbocycles. The summed E-state index contributed by atoms with van der Waals surface area (Å²) in [6.45, 7) is 9.73. The summed E-state index contributed by atoms with van der Waals surface area (Å²) < 4.78 is 18.5. The molecule has 7 nitrogen and oxygen atoms in total. The Hall–Kier alpha value is -2.04. The first-order valence-corrected chi connectivity index (χ1v) is 9.53. The van der Waals surface area contributed by atoms with Gasteiger partial charge in [0.25, 0.3) is 0 Å². The van der Waals surface area contributed by atoms with Crippen molar-refractivity contribution < 1.29 is 13.9 Å². The summed E-state index contributed by atoms with van der Waals surface area (Å²) in [6.07, 6.45) is 2.19. The largest absolute Gasteiger partial charge is 0.444 e. The molecule has 0 fully saturated rings. The van der Waals surface area contributed by atoms with Crippen LogP contribution in [-0.4, -0.2) is 48.8 Å². The highest BCUT2D eigenvalue weighted by atomic mass is 127. The van der Waals surface area contributed by atoms with Crippen molar-refractivity contribution in [2.24, 2.45) is 4.99 Å². The second-order valence-corrected chi connectivity index (χ2v) is 7.37. The zero-order chi connectivity index (χ0) is 20.6. The van der Waals surface area contributed by atoms with E-state index in [0.29, 0.717) is 25.6 Å². The minimum absolute atomic E-state index is 0. The predicted molar refractivity (Wildman–Crippen MR) is 126 cm³/mol. The lowest BCUT2D eigenvalue weighted by Crippen LogP contribution is -2.42. The van der Waals surface area contributed by atoms with Gasteiger partial charge in [0, 0.05) is 43.3 Å². The van der Waals surface area contributed by atoms with E-state index < -0.39 is 11.7 Å². The average molecular weight is 519 g/mol. The fourth-order valence-electron chi connectivity index (χ4n) is 2.65. The topological polar surface area (TPSA) is 90.5 Å². The third-order valence-electron chi connectivity index (χ3n) is 3.81. The van der Waals surface area contributed by atoms with Crippen molar-refractivity contribution in [2.45, 2.75) is 39.7 Å². The van der Waals surface area contributed by atoms with E-state index in [0.717, 1.165) is 29.4 Å². The molecule has 0 aliphatic rings. The van der Waals surface area contributed by atoms with E-state index in [-0.39, 0.29) is 29.8 Å². The second kappa shape index (κ2) is 11.8. The van der Waals surface area contributed by atoms with Crippen LogP contribution >= 0.6 is 24.0 Å². The van der Waals surface area contributed by atoms with Crippen LogP contribution in [0.3, 0.4) is 0 Å². The molecule has 0 aliphatic heterocycles. The molecule has 1 amide bonds. The number of fused-ring (bicyclic) bond motifs is 1. The molecular weight excluding hydrogens is 488 g/mol. The van der Waals surface area contributed by atoms with Gasteiger partial charge < -0.3 is 25.7 Å². The number of alkyl carbamates (subject to hydrolysis) is 1. The van der Waals surface area contributed by atoms with Crippen LogP contribution < -0.4 is 16.0 Å². The summed E-state index contributed by atoms with van der Waals surface area (Å²) in [5.74, 6) is 0.428. The summed E-state index contributed by atoms with van der Waals surface area (Å²) in [4.78, 5) is 19.3. The van der Waals surface area contributed by atoms with Gasteiger partial charge in [-0.25, -0.2) is 9.18 Å². The lowest BCUT2D eigenvalue weighted by molar-refractivity contribution is 0.0529. The molecule has 1 heterocycles. The molecule has 1 aromatic heterocycles. The summed E-state index contributed by atoms with van der Waals surface area (Å²) in [5.41, 5.74) is 1.38. The minimum atomic E-state index is -0.512. The number of hydrogen-bond donors (Lipinski definition) is 4. The van der Waals surface area contributed by atoms with Gasteiger partial charge in [0.15, 0.2) is 5.96 Å². The smallest absolute Gasteiger partial charge is 0.407 e. The maximum absolute atomic E-state index is 13.3. The first kappa shape index (κ1) is 25.0. The number of nitrogens with zero attached hydrogens (tertiary/aromatic N) is 1. The van der Waals surface area contributed by atoms with Gasteiger partial charge in [-0.2, -0.15) is 0 Å². The molecule has 0 spiro atoms. The van der Waals surface area contributed by atoms with Crippen LogP contribution in [0, 0.1) is 5.82 Å². The number of carbonyl (C=O) groups is 1. The number of nitrogens with one attached hydrogen (secondary N) is 4. The van der Waals surface area contributed by atoms with Gasteiger partial charge in [-0.1, -0.05) is 0 Å². The Bertz CT molecular complexity index is 817. The third-order valence-corrected chi connectivity index (χ3v) is 3.81. The normalized spacial score (nSPS) is 11.7. The molecule has 1 aromatic carbocycles. The number of aromatic nitrogens is 1. The first-order valence-electron chi connectivity index (χ1n) is 9.53. The molecule has 0 atom stereocenters. The van der Waals surface area contributed by atoms with Crippen LogP contribution in [0.15, 0.2) is 29.4 Å². The Morgan fingerprint density at radius 3 is 2.62 bits per heavy atom. The van der Waals surface area contributed by atoms with Crippen LogP contribution in [0.4, 0.5) is 9.18 Å². The zero-order valence-electron chi connectivity index (χ0n) is 17.4. The average Bonchev–Trinajstić information content (AvgIpc) is 2.99. The lowest BCUT2D eigenvalue weighted by Gasteiger charge is -2.19. The predicted octanol–water partition coefficient (Wildman–Crippen LogP) is 3.55. The van der Waals surface area contributed by atoms with Crippen LogP contribution in [0.2, 0.25) is 0 Å². The van der Waals surface area contributed by atoms with Crippen molar-refractivity contribution in [3.63, 3.8) is 0 Å². The van der Waals surface area contributed by atoms with E-state index in [1.54, 1.807) is 6.07 Å². The van der Waals surface area contributed by atoms with E-state index in [9.17, 15) is 9.18 Å². The van der Waals surface area contributed by atoms with Crippen molar-refractivity contribution >= 4 is 46.9 Å². The molecule has 0 bridgehead atoms. The molecule has 9 heteroatoms. The van der Waals surface area contributed by atoms with E-state index in [1.807, 2.05) is 33.9 Å². The fourth-order valence-corrected chi connectivity index (χ4v) is 2.65. The number of halogens is 2. The van der Waals surface area contributed by atoms with Gasteiger partial charge in [0.2, 0.25) is 0 Å². The van der Waals surface area contributed by atoms with E-state index in [4.69, 9.17) is 4.74 Å². The van der Waals surface area contributed by atoms with Crippen LogP contribution in [0.5, 0.6) is 0 Å². The molecule has 4 N–H and O–H groups in total. The van der Waals surface area contributed by atoms with Crippen LogP contribution in [0.25, 0.3) is 10.9 Å². The zero-order valence-corrected chi connectivity index (χ0v) is 19.7. The van der Waals surface area contributed by atoms with Crippen molar-refractivity contribution in [2.75, 3.05) is 26.2 Å². The number of guanidine groups is 1. The number of ether oxygens (including phenoxy) is 1. The number of H-pyrrole nitrogens is 1. The number of benzene rings is 1. The summed E-state index contributed by atoms with van der Waals surface area (Å²) in [6, 6.07) is 4.74. The Morgan fingerprint density at radius 2 is 1.93 bits per heavy atom. The Labute approximate surface area is 188 Å². The maximum atomic E-state index is 13.3. The van der Waals surface area contributed by atoms with Gasteiger partial charge in [-0.3, -0.25) is 4.99 Å². The Morgan fingerprint density at radius 1 is 1.21 bits per heavy atom. The third kappa shape index (κ3) is 8.88. The number of aliphatic imine (C=N–C) groups is 1. The SMILES string of the molecule is CCNC(=NCCc1c[nH]c2cc(F)ccc12)NCCNC(=O)OC(C)(C)C.I. The number of amides is 1. The van der Waals surface area contributed by atoms with Crippen molar-refractivity contribution in [1.82, 2.24) is 20.9 Å². The highest BCUT2D eigenvalue weighted by Gasteiger charge is 2.15. The van der Waals surface area contributed by atoms with Gasteiger partial charge in [-0.05, 0) is 57.9 Å². The molecular formula is C20H31FIN5O2.